The average molecular weight is 244 g/mol. The van der Waals surface area contributed by atoms with Crippen molar-refractivity contribution in [1.29, 1.82) is 5.26 Å². The van der Waals surface area contributed by atoms with Gasteiger partial charge in [-0.1, -0.05) is 12.1 Å². The molecule has 0 aromatic heterocycles. The third-order valence-corrected chi connectivity index (χ3v) is 1.87. The number of nitrogens with zero attached hydrogens (tertiary/aromatic N) is 2. The Morgan fingerprint density at radius 2 is 2.06 bits per heavy atom. The zero-order valence-corrected chi connectivity index (χ0v) is 9.80. The van der Waals surface area contributed by atoms with E-state index < -0.39 is 5.91 Å². The van der Waals surface area contributed by atoms with Gasteiger partial charge in [-0.3, -0.25) is 9.59 Å². The fraction of sp³-hybridized carbons (Fsp3) is 0.167. The van der Waals surface area contributed by atoms with E-state index in [1.54, 1.807) is 30.3 Å². The van der Waals surface area contributed by atoms with E-state index in [-0.39, 0.29) is 12.3 Å². The second-order valence-electron chi connectivity index (χ2n) is 3.43. The van der Waals surface area contributed by atoms with Crippen molar-refractivity contribution in [2.75, 3.05) is 5.32 Å². The monoisotopic (exact) mass is 244 g/mol. The minimum atomic E-state index is -0.455. The van der Waals surface area contributed by atoms with Gasteiger partial charge in [0.05, 0.1) is 12.3 Å². The maximum absolute atomic E-state index is 10.9. The molecule has 6 nitrogen and oxygen atoms in total. The van der Waals surface area contributed by atoms with Crippen molar-refractivity contribution in [3.05, 3.63) is 29.8 Å². The Labute approximate surface area is 104 Å². The molecular weight excluding hydrogens is 232 g/mol. The number of carbonyl (C=O) groups excluding carboxylic acids is 2. The summed E-state index contributed by atoms with van der Waals surface area (Å²) in [4.78, 5) is 21.7. The quantitative estimate of drug-likeness (QED) is 0.611. The maximum atomic E-state index is 10.9. The summed E-state index contributed by atoms with van der Waals surface area (Å²) in [5.74, 6) is -0.594. The molecule has 0 atom stereocenters. The summed E-state index contributed by atoms with van der Waals surface area (Å²) in [6.45, 7) is 1.43. The van der Waals surface area contributed by atoms with E-state index in [2.05, 4.69) is 15.8 Å². The first-order valence-corrected chi connectivity index (χ1v) is 5.18. The Morgan fingerprint density at radius 3 is 2.61 bits per heavy atom. The number of rotatable bonds is 4. The fourth-order valence-corrected chi connectivity index (χ4v) is 1.15. The van der Waals surface area contributed by atoms with Gasteiger partial charge >= 0.3 is 0 Å². The van der Waals surface area contributed by atoms with Crippen LogP contribution in [0.15, 0.2) is 29.4 Å². The third-order valence-electron chi connectivity index (χ3n) is 1.87. The van der Waals surface area contributed by atoms with E-state index in [1.165, 1.54) is 13.1 Å². The predicted molar refractivity (Wildman–Crippen MR) is 66.7 cm³/mol. The molecule has 0 aliphatic rings. The Morgan fingerprint density at radius 1 is 1.39 bits per heavy atom. The van der Waals surface area contributed by atoms with Gasteiger partial charge < -0.3 is 5.32 Å². The molecule has 0 saturated heterocycles. The lowest BCUT2D eigenvalue weighted by Gasteiger charge is -2.01. The smallest absolute Gasteiger partial charge is 0.254 e. The molecule has 0 aliphatic carbocycles. The van der Waals surface area contributed by atoms with Gasteiger partial charge in [-0.2, -0.15) is 10.4 Å². The molecule has 6 heteroatoms. The summed E-state index contributed by atoms with van der Waals surface area (Å²) in [5.41, 5.74) is 3.67. The van der Waals surface area contributed by atoms with Crippen LogP contribution in [0.4, 0.5) is 5.69 Å². The second-order valence-corrected chi connectivity index (χ2v) is 3.43. The zero-order valence-electron chi connectivity index (χ0n) is 9.80. The number of hydrogen-bond acceptors (Lipinski definition) is 4. The van der Waals surface area contributed by atoms with Gasteiger partial charge in [0.1, 0.15) is 6.42 Å². The first-order chi connectivity index (χ1) is 8.61. The molecule has 0 saturated carbocycles. The Kier molecular flexibility index (Phi) is 5.06. The highest BCUT2D eigenvalue weighted by Crippen LogP contribution is 2.07. The molecule has 92 valence electrons. The van der Waals surface area contributed by atoms with E-state index in [0.717, 1.165) is 5.56 Å². The van der Waals surface area contributed by atoms with E-state index >= 15 is 0 Å². The van der Waals surface area contributed by atoms with Crippen LogP contribution in [0.2, 0.25) is 0 Å². The van der Waals surface area contributed by atoms with E-state index in [0.29, 0.717) is 5.69 Å². The average Bonchev–Trinajstić information content (AvgIpc) is 2.31. The van der Waals surface area contributed by atoms with Gasteiger partial charge in [0, 0.05) is 12.6 Å². The highest BCUT2D eigenvalue weighted by Gasteiger charge is 1.96. The lowest BCUT2D eigenvalue weighted by Crippen LogP contribution is -2.16. The van der Waals surface area contributed by atoms with Crippen molar-refractivity contribution in [2.24, 2.45) is 5.10 Å². The number of benzene rings is 1. The number of amides is 2. The molecule has 2 amide bonds. The number of hydrazone groups is 1. The lowest BCUT2D eigenvalue weighted by molar-refractivity contribution is -0.120. The summed E-state index contributed by atoms with van der Waals surface area (Å²) in [7, 11) is 0. The molecule has 0 spiro atoms. The van der Waals surface area contributed by atoms with Crippen LogP contribution in [-0.2, 0) is 9.59 Å². The largest absolute Gasteiger partial charge is 0.326 e. The first kappa shape index (κ1) is 13.4. The van der Waals surface area contributed by atoms with Crippen molar-refractivity contribution in [3.63, 3.8) is 0 Å². The van der Waals surface area contributed by atoms with Gasteiger partial charge in [-0.25, -0.2) is 5.43 Å². The zero-order chi connectivity index (χ0) is 13.4. The third kappa shape index (κ3) is 4.90. The topological polar surface area (TPSA) is 94.3 Å². The predicted octanol–water partition coefficient (Wildman–Crippen LogP) is 1.01. The molecule has 0 unspecified atom stereocenters. The van der Waals surface area contributed by atoms with Crippen LogP contribution in [0.1, 0.15) is 18.9 Å². The lowest BCUT2D eigenvalue weighted by atomic mass is 10.2. The minimum Gasteiger partial charge on any atom is -0.326 e. The van der Waals surface area contributed by atoms with Gasteiger partial charge in [0.25, 0.3) is 5.91 Å². The second kappa shape index (κ2) is 6.81. The standard InChI is InChI=1S/C12H12N4O2/c1-9(17)15-11-4-2-10(3-5-11)8-14-16-12(18)6-7-13/h2-5,8H,6H2,1H3,(H,15,17)(H,16,18)/b14-8-. The highest BCUT2D eigenvalue weighted by atomic mass is 16.2. The van der Waals surface area contributed by atoms with Gasteiger partial charge in [-0.15, -0.1) is 0 Å². The Balaban J connectivity index is 2.53. The molecule has 0 heterocycles. The summed E-state index contributed by atoms with van der Waals surface area (Å²) >= 11 is 0. The fourth-order valence-electron chi connectivity index (χ4n) is 1.15. The van der Waals surface area contributed by atoms with E-state index in [1.807, 2.05) is 0 Å². The molecule has 1 rings (SSSR count). The summed E-state index contributed by atoms with van der Waals surface area (Å²) in [6, 6.07) is 8.64. The molecule has 0 aliphatic heterocycles. The summed E-state index contributed by atoms with van der Waals surface area (Å²) in [5, 5.41) is 14.6. The van der Waals surface area contributed by atoms with Crippen molar-refractivity contribution in [2.45, 2.75) is 13.3 Å². The Hall–Kier alpha value is -2.68. The van der Waals surface area contributed by atoms with Gasteiger partial charge in [0.15, 0.2) is 0 Å². The molecule has 1 aromatic rings. The number of hydrogen-bond donors (Lipinski definition) is 2. The molecule has 0 fully saturated rings. The van der Waals surface area contributed by atoms with Crippen LogP contribution >= 0.6 is 0 Å². The number of carbonyl (C=O) groups is 2. The van der Waals surface area contributed by atoms with E-state index in [9.17, 15) is 9.59 Å². The normalized spacial score (nSPS) is 9.78. The number of nitrogens with one attached hydrogen (secondary N) is 2. The van der Waals surface area contributed by atoms with Crippen LogP contribution in [0.3, 0.4) is 0 Å². The SMILES string of the molecule is CC(=O)Nc1ccc(/C=N\NC(=O)CC#N)cc1. The van der Waals surface area contributed by atoms with Crippen molar-refractivity contribution in [1.82, 2.24) is 5.43 Å². The maximum Gasteiger partial charge on any atom is 0.254 e. The highest BCUT2D eigenvalue weighted by molar-refractivity contribution is 5.89. The van der Waals surface area contributed by atoms with Crippen molar-refractivity contribution >= 4 is 23.7 Å². The van der Waals surface area contributed by atoms with Crippen LogP contribution in [-0.4, -0.2) is 18.0 Å². The summed E-state index contributed by atoms with van der Waals surface area (Å²) in [6.07, 6.45) is 1.23. The molecule has 0 radical (unpaired) electrons. The molecule has 1 aromatic carbocycles. The molecular formula is C12H12N4O2. The minimum absolute atomic E-state index is 0.139. The van der Waals surface area contributed by atoms with Crippen LogP contribution in [0.5, 0.6) is 0 Å². The molecule has 0 bridgehead atoms. The van der Waals surface area contributed by atoms with Gasteiger partial charge in [-0.05, 0) is 17.7 Å². The first-order valence-electron chi connectivity index (χ1n) is 5.18. The Bertz CT molecular complexity index is 500. The number of anilines is 1. The number of nitriles is 1. The van der Waals surface area contributed by atoms with Crippen LogP contribution in [0, 0.1) is 11.3 Å². The van der Waals surface area contributed by atoms with Crippen LogP contribution in [0.25, 0.3) is 0 Å². The summed E-state index contributed by atoms with van der Waals surface area (Å²) < 4.78 is 0. The molecule has 18 heavy (non-hydrogen) atoms. The van der Waals surface area contributed by atoms with Crippen LogP contribution < -0.4 is 10.7 Å². The van der Waals surface area contributed by atoms with Gasteiger partial charge in [0.2, 0.25) is 5.91 Å². The van der Waals surface area contributed by atoms with Crippen molar-refractivity contribution in [3.8, 4) is 6.07 Å². The van der Waals surface area contributed by atoms with E-state index in [4.69, 9.17) is 5.26 Å². The van der Waals surface area contributed by atoms with Crippen molar-refractivity contribution < 1.29 is 9.59 Å². The molecule has 2 N–H and O–H groups in total.